The van der Waals surface area contributed by atoms with Gasteiger partial charge in [0.1, 0.15) is 0 Å². The van der Waals surface area contributed by atoms with E-state index in [0.29, 0.717) is 0 Å². The maximum Gasteiger partial charge on any atom is 0.0339 e. The topological polar surface area (TPSA) is 15.3 Å². The molecule has 4 rings (SSSR count). The summed E-state index contributed by atoms with van der Waals surface area (Å²) in [6, 6.07) is 0.786. The van der Waals surface area contributed by atoms with E-state index in [0.717, 1.165) is 12.0 Å². The largest absolute Gasteiger partial charge is 0.384 e. The van der Waals surface area contributed by atoms with Gasteiger partial charge in [-0.15, -0.1) is 0 Å². The van der Waals surface area contributed by atoms with Crippen molar-refractivity contribution in [1.29, 1.82) is 0 Å². The first kappa shape index (κ1) is 12.7. The molecular formula is C18H26N2. The lowest BCUT2D eigenvalue weighted by Crippen LogP contribution is -2.39. The molecule has 2 heterocycles. The second-order valence-corrected chi connectivity index (χ2v) is 6.97. The van der Waals surface area contributed by atoms with Crippen LogP contribution in [0.3, 0.4) is 0 Å². The van der Waals surface area contributed by atoms with Gasteiger partial charge < -0.3 is 5.32 Å². The monoisotopic (exact) mass is 270 g/mol. The van der Waals surface area contributed by atoms with E-state index in [2.05, 4.69) is 30.3 Å². The fourth-order valence-electron chi connectivity index (χ4n) is 4.75. The lowest BCUT2D eigenvalue weighted by molar-refractivity contribution is 0.225. The summed E-state index contributed by atoms with van der Waals surface area (Å²) in [5, 5.41) is 3.65. The minimum atomic E-state index is 0.779. The molecule has 2 nitrogen and oxygen atoms in total. The zero-order valence-electron chi connectivity index (χ0n) is 12.8. The Kier molecular flexibility index (Phi) is 3.03. The number of fused-ring (bicyclic) bond motifs is 1. The second-order valence-electron chi connectivity index (χ2n) is 6.97. The molecule has 108 valence electrons. The summed E-state index contributed by atoms with van der Waals surface area (Å²) in [4.78, 5) is 2.61. The summed E-state index contributed by atoms with van der Waals surface area (Å²) < 4.78 is 0. The van der Waals surface area contributed by atoms with E-state index >= 15 is 0 Å². The Morgan fingerprint density at radius 2 is 2.20 bits per heavy atom. The van der Waals surface area contributed by atoms with Gasteiger partial charge in [0.25, 0.3) is 0 Å². The van der Waals surface area contributed by atoms with Crippen molar-refractivity contribution in [3.05, 3.63) is 34.1 Å². The minimum Gasteiger partial charge on any atom is -0.384 e. The first-order valence-electron chi connectivity index (χ1n) is 8.37. The van der Waals surface area contributed by atoms with Gasteiger partial charge >= 0.3 is 0 Å². The highest BCUT2D eigenvalue weighted by atomic mass is 15.1. The van der Waals surface area contributed by atoms with Crippen LogP contribution in [0.25, 0.3) is 0 Å². The minimum absolute atomic E-state index is 0.779. The van der Waals surface area contributed by atoms with Crippen LogP contribution >= 0.6 is 0 Å². The number of allylic oxidation sites excluding steroid dienone is 2. The Hall–Kier alpha value is -1.02. The van der Waals surface area contributed by atoms with Crippen LogP contribution in [0.2, 0.25) is 0 Å². The van der Waals surface area contributed by atoms with E-state index in [4.69, 9.17) is 0 Å². The van der Waals surface area contributed by atoms with Gasteiger partial charge in [0, 0.05) is 30.7 Å². The molecule has 0 saturated carbocycles. The van der Waals surface area contributed by atoms with Crippen LogP contribution in [0.1, 0.15) is 45.4 Å². The second kappa shape index (κ2) is 4.77. The van der Waals surface area contributed by atoms with Crippen molar-refractivity contribution in [3.63, 3.8) is 0 Å². The lowest BCUT2D eigenvalue weighted by atomic mass is 9.72. The molecule has 0 radical (unpaired) electrons. The molecule has 0 aromatic carbocycles. The van der Waals surface area contributed by atoms with Crippen molar-refractivity contribution >= 4 is 0 Å². The molecule has 1 fully saturated rings. The fourth-order valence-corrected chi connectivity index (χ4v) is 4.75. The van der Waals surface area contributed by atoms with Crippen molar-refractivity contribution in [2.75, 3.05) is 20.1 Å². The third kappa shape index (κ3) is 1.81. The van der Waals surface area contributed by atoms with Crippen LogP contribution < -0.4 is 5.32 Å². The molecule has 0 amide bonds. The highest BCUT2D eigenvalue weighted by Crippen LogP contribution is 2.47. The average Bonchev–Trinajstić information content (AvgIpc) is 2.86. The number of hydrogen-bond acceptors (Lipinski definition) is 2. The molecule has 2 heteroatoms. The zero-order chi connectivity index (χ0) is 13.7. The van der Waals surface area contributed by atoms with Crippen LogP contribution in [0.4, 0.5) is 0 Å². The predicted molar refractivity (Wildman–Crippen MR) is 83.4 cm³/mol. The zero-order valence-corrected chi connectivity index (χ0v) is 12.8. The van der Waals surface area contributed by atoms with Gasteiger partial charge in [-0.05, 0) is 55.9 Å². The molecular weight excluding hydrogens is 244 g/mol. The maximum absolute atomic E-state index is 3.65. The SMILES string of the molecule is CCCC1CC2=C(CN1C)C1=C3C(=CCC1)NCC3C2. The number of nitrogens with one attached hydrogen (secondary N) is 1. The molecule has 0 spiro atoms. The van der Waals surface area contributed by atoms with Gasteiger partial charge in [-0.3, -0.25) is 4.90 Å². The Labute approximate surface area is 122 Å². The molecule has 4 aliphatic rings. The van der Waals surface area contributed by atoms with Crippen LogP contribution in [0.15, 0.2) is 34.1 Å². The number of nitrogens with zero attached hydrogens (tertiary/aromatic N) is 1. The summed E-state index contributed by atoms with van der Waals surface area (Å²) in [7, 11) is 2.33. The molecule has 20 heavy (non-hydrogen) atoms. The predicted octanol–water partition coefficient (Wildman–Crippen LogP) is 3.38. The standard InChI is InChI=1S/C18H26N2/c1-3-5-14-9-12-8-13-10-19-17-7-4-6-15(18(13)17)16(12)11-20(14)2/h7,13-14,19H,3-6,8-11H2,1-2H3. The molecule has 0 aromatic heterocycles. The number of hydrogen-bond donors (Lipinski definition) is 1. The van der Waals surface area contributed by atoms with Crippen molar-refractivity contribution < 1.29 is 0 Å². The van der Waals surface area contributed by atoms with Gasteiger partial charge in [-0.25, -0.2) is 0 Å². The van der Waals surface area contributed by atoms with Crippen molar-refractivity contribution in [2.45, 2.75) is 51.5 Å². The summed E-state index contributed by atoms with van der Waals surface area (Å²) in [5.74, 6) is 0.779. The maximum atomic E-state index is 3.65. The van der Waals surface area contributed by atoms with E-state index < -0.39 is 0 Å². The van der Waals surface area contributed by atoms with Crippen LogP contribution in [0, 0.1) is 5.92 Å². The normalized spacial score (nSPS) is 32.8. The van der Waals surface area contributed by atoms with E-state index in [9.17, 15) is 0 Å². The molecule has 2 aliphatic carbocycles. The van der Waals surface area contributed by atoms with Crippen LogP contribution in [-0.2, 0) is 0 Å². The summed E-state index contributed by atoms with van der Waals surface area (Å²) in [6.07, 6.45) is 10.3. The average molecular weight is 270 g/mol. The van der Waals surface area contributed by atoms with Crippen LogP contribution in [-0.4, -0.2) is 31.1 Å². The Morgan fingerprint density at radius 1 is 1.30 bits per heavy atom. The van der Waals surface area contributed by atoms with Gasteiger partial charge in [-0.1, -0.05) is 25.0 Å². The van der Waals surface area contributed by atoms with E-state index in [1.54, 1.807) is 22.3 Å². The highest BCUT2D eigenvalue weighted by molar-refractivity contribution is 5.56. The third-order valence-electron chi connectivity index (χ3n) is 5.72. The fraction of sp³-hybridized carbons (Fsp3) is 0.667. The summed E-state index contributed by atoms with van der Waals surface area (Å²) in [6.45, 7) is 4.69. The molecule has 0 bridgehead atoms. The van der Waals surface area contributed by atoms with Gasteiger partial charge in [-0.2, -0.15) is 0 Å². The van der Waals surface area contributed by atoms with Crippen molar-refractivity contribution in [2.24, 2.45) is 5.92 Å². The summed E-state index contributed by atoms with van der Waals surface area (Å²) >= 11 is 0. The molecule has 1 N–H and O–H groups in total. The van der Waals surface area contributed by atoms with E-state index in [1.165, 1.54) is 57.3 Å². The Balaban J connectivity index is 1.71. The molecule has 2 atom stereocenters. The quantitative estimate of drug-likeness (QED) is 0.827. The van der Waals surface area contributed by atoms with Crippen molar-refractivity contribution in [1.82, 2.24) is 10.2 Å². The lowest BCUT2D eigenvalue weighted by Gasteiger charge is -2.41. The van der Waals surface area contributed by atoms with Gasteiger partial charge in [0.2, 0.25) is 0 Å². The van der Waals surface area contributed by atoms with Crippen molar-refractivity contribution in [3.8, 4) is 0 Å². The number of rotatable bonds is 2. The molecule has 1 saturated heterocycles. The Morgan fingerprint density at radius 3 is 3.05 bits per heavy atom. The highest BCUT2D eigenvalue weighted by Gasteiger charge is 2.38. The molecule has 2 unspecified atom stereocenters. The molecule has 2 aliphatic heterocycles. The Bertz CT molecular complexity index is 524. The van der Waals surface area contributed by atoms with E-state index in [-0.39, 0.29) is 0 Å². The first-order valence-corrected chi connectivity index (χ1v) is 8.37. The summed E-state index contributed by atoms with van der Waals surface area (Å²) in [5.41, 5.74) is 8.41. The molecule has 0 aromatic rings. The first-order chi connectivity index (χ1) is 9.78. The smallest absolute Gasteiger partial charge is 0.0339 e. The van der Waals surface area contributed by atoms with Crippen LogP contribution in [0.5, 0.6) is 0 Å². The van der Waals surface area contributed by atoms with Gasteiger partial charge in [0.05, 0.1) is 0 Å². The third-order valence-corrected chi connectivity index (χ3v) is 5.72. The van der Waals surface area contributed by atoms with Gasteiger partial charge in [0.15, 0.2) is 0 Å². The number of likely N-dealkylation sites (N-methyl/N-ethyl adjacent to an activating group) is 1. The van der Waals surface area contributed by atoms with E-state index in [1.807, 2.05) is 0 Å².